The third kappa shape index (κ3) is 3.73. The van der Waals surface area contributed by atoms with Gasteiger partial charge in [0.1, 0.15) is 6.10 Å². The highest BCUT2D eigenvalue weighted by molar-refractivity contribution is 5.76. The average molecular weight is 345 g/mol. The van der Waals surface area contributed by atoms with Crippen molar-refractivity contribution in [1.82, 2.24) is 25.7 Å². The van der Waals surface area contributed by atoms with Crippen molar-refractivity contribution in [2.75, 3.05) is 6.61 Å². The van der Waals surface area contributed by atoms with Gasteiger partial charge >= 0.3 is 0 Å². The second kappa shape index (κ2) is 7.35. The van der Waals surface area contributed by atoms with Gasteiger partial charge in [-0.2, -0.15) is 10.1 Å². The van der Waals surface area contributed by atoms with Crippen LogP contribution in [0.2, 0.25) is 0 Å². The summed E-state index contributed by atoms with van der Waals surface area (Å²) in [6, 6.07) is 0. The number of hydrogen-bond acceptors (Lipinski definition) is 6. The molecular formula is C17H23N5O3. The molecule has 25 heavy (non-hydrogen) atoms. The quantitative estimate of drug-likeness (QED) is 0.826. The van der Waals surface area contributed by atoms with E-state index in [9.17, 15) is 4.79 Å². The molecule has 0 radical (unpaired) electrons. The van der Waals surface area contributed by atoms with Gasteiger partial charge in [0, 0.05) is 25.1 Å². The van der Waals surface area contributed by atoms with E-state index in [1.165, 1.54) is 24.1 Å². The molecule has 0 bridgehead atoms. The molecule has 1 atom stereocenters. The lowest BCUT2D eigenvalue weighted by atomic mass is 9.95. The van der Waals surface area contributed by atoms with E-state index >= 15 is 0 Å². The molecule has 0 saturated carbocycles. The van der Waals surface area contributed by atoms with Crippen molar-refractivity contribution in [3.05, 3.63) is 28.7 Å². The summed E-state index contributed by atoms with van der Waals surface area (Å²) in [7, 11) is 0. The number of fused-ring (bicyclic) bond motifs is 1. The fourth-order valence-corrected chi connectivity index (χ4v) is 3.50. The van der Waals surface area contributed by atoms with Gasteiger partial charge in [0.05, 0.1) is 12.2 Å². The molecule has 1 amide bonds. The van der Waals surface area contributed by atoms with Crippen molar-refractivity contribution in [2.24, 2.45) is 0 Å². The maximum absolute atomic E-state index is 12.1. The molecule has 2 aromatic heterocycles. The molecule has 3 heterocycles. The lowest BCUT2D eigenvalue weighted by Crippen LogP contribution is -2.23. The van der Waals surface area contributed by atoms with Gasteiger partial charge in [0.15, 0.2) is 5.82 Å². The van der Waals surface area contributed by atoms with E-state index in [-0.39, 0.29) is 18.6 Å². The Morgan fingerprint density at radius 1 is 1.28 bits per heavy atom. The minimum Gasteiger partial charge on any atom is -0.368 e. The van der Waals surface area contributed by atoms with Gasteiger partial charge in [-0.1, -0.05) is 5.16 Å². The summed E-state index contributed by atoms with van der Waals surface area (Å²) in [5.41, 5.74) is 3.60. The van der Waals surface area contributed by atoms with Crippen LogP contribution in [0.3, 0.4) is 0 Å². The summed E-state index contributed by atoms with van der Waals surface area (Å²) >= 11 is 0. The summed E-state index contributed by atoms with van der Waals surface area (Å²) in [5, 5.41) is 14.2. The predicted molar refractivity (Wildman–Crippen MR) is 87.6 cm³/mol. The topological polar surface area (TPSA) is 106 Å². The molecule has 1 aliphatic carbocycles. The highest BCUT2D eigenvalue weighted by atomic mass is 16.5. The largest absolute Gasteiger partial charge is 0.368 e. The number of nitrogens with zero attached hydrogens (tertiary/aromatic N) is 3. The van der Waals surface area contributed by atoms with E-state index in [0.29, 0.717) is 24.6 Å². The molecular weight excluding hydrogens is 322 g/mol. The number of amides is 1. The van der Waals surface area contributed by atoms with Crippen molar-refractivity contribution >= 4 is 5.91 Å². The number of ether oxygens (including phenoxy) is 1. The summed E-state index contributed by atoms with van der Waals surface area (Å²) in [5.74, 6) is 0.955. The fourth-order valence-electron chi connectivity index (χ4n) is 3.50. The summed E-state index contributed by atoms with van der Waals surface area (Å²) in [6.45, 7) is 1.00. The number of aryl methyl sites for hydroxylation is 2. The molecule has 2 aliphatic rings. The predicted octanol–water partition coefficient (Wildman–Crippen LogP) is 1.77. The Kier molecular flexibility index (Phi) is 4.78. The molecule has 4 rings (SSSR count). The van der Waals surface area contributed by atoms with Gasteiger partial charge in [-0.25, -0.2) is 0 Å². The normalized spacial score (nSPS) is 19.8. The number of aromatic amines is 1. The van der Waals surface area contributed by atoms with Crippen molar-refractivity contribution in [2.45, 2.75) is 64.0 Å². The maximum Gasteiger partial charge on any atom is 0.255 e. The summed E-state index contributed by atoms with van der Waals surface area (Å²) in [4.78, 5) is 16.4. The zero-order chi connectivity index (χ0) is 17.1. The van der Waals surface area contributed by atoms with Gasteiger partial charge in [-0.15, -0.1) is 0 Å². The molecule has 0 spiro atoms. The van der Waals surface area contributed by atoms with Gasteiger partial charge in [-0.3, -0.25) is 9.89 Å². The molecule has 8 nitrogen and oxygen atoms in total. The van der Waals surface area contributed by atoms with E-state index in [4.69, 9.17) is 9.26 Å². The van der Waals surface area contributed by atoms with Crippen molar-refractivity contribution in [3.63, 3.8) is 0 Å². The zero-order valence-electron chi connectivity index (χ0n) is 14.2. The smallest absolute Gasteiger partial charge is 0.255 e. The van der Waals surface area contributed by atoms with Crippen LogP contribution in [0.4, 0.5) is 0 Å². The van der Waals surface area contributed by atoms with Crippen LogP contribution in [0.25, 0.3) is 0 Å². The van der Waals surface area contributed by atoms with Crippen LogP contribution in [0.15, 0.2) is 4.52 Å². The van der Waals surface area contributed by atoms with E-state index in [1.807, 2.05) is 0 Å². The molecule has 0 aromatic carbocycles. The second-order valence-corrected chi connectivity index (χ2v) is 6.66. The SMILES string of the molecule is O=C(CCc1n[nH]c2c1CCCC2)NCc1noc([C@@H]2CCCO2)n1. The third-order valence-electron chi connectivity index (χ3n) is 4.86. The standard InChI is InChI=1S/C17H23N5O3/c23-16(8-7-13-11-4-1-2-5-12(11)20-21-13)18-10-15-19-17(25-22-15)14-6-3-9-24-14/h14H,1-10H2,(H,18,23)(H,20,21)/t14-/m0/s1. The number of nitrogens with one attached hydrogen (secondary N) is 2. The van der Waals surface area contributed by atoms with E-state index in [0.717, 1.165) is 38.0 Å². The Morgan fingerprint density at radius 3 is 3.08 bits per heavy atom. The summed E-state index contributed by atoms with van der Waals surface area (Å²) in [6.07, 6.45) is 7.45. The molecule has 2 N–H and O–H groups in total. The number of rotatable bonds is 6. The first kappa shape index (κ1) is 16.3. The first-order chi connectivity index (χ1) is 12.3. The molecule has 1 saturated heterocycles. The van der Waals surface area contributed by atoms with Crippen LogP contribution >= 0.6 is 0 Å². The maximum atomic E-state index is 12.1. The lowest BCUT2D eigenvalue weighted by Gasteiger charge is -2.10. The first-order valence-corrected chi connectivity index (χ1v) is 9.05. The molecule has 134 valence electrons. The van der Waals surface area contributed by atoms with Crippen LogP contribution in [0.5, 0.6) is 0 Å². The minimum absolute atomic E-state index is 0.0315. The highest BCUT2D eigenvalue weighted by Gasteiger charge is 2.24. The van der Waals surface area contributed by atoms with Crippen LogP contribution < -0.4 is 5.32 Å². The van der Waals surface area contributed by atoms with E-state index in [1.54, 1.807) is 0 Å². The number of aromatic nitrogens is 4. The Labute approximate surface area is 145 Å². The Balaban J connectivity index is 1.25. The van der Waals surface area contributed by atoms with Crippen LogP contribution in [-0.2, 0) is 35.3 Å². The van der Waals surface area contributed by atoms with Crippen LogP contribution in [-0.4, -0.2) is 32.9 Å². The van der Waals surface area contributed by atoms with Crippen LogP contribution in [0.1, 0.15) is 66.9 Å². The van der Waals surface area contributed by atoms with E-state index < -0.39 is 0 Å². The highest BCUT2D eigenvalue weighted by Crippen LogP contribution is 2.27. The Hall–Kier alpha value is -2.22. The first-order valence-electron chi connectivity index (χ1n) is 9.05. The molecule has 1 fully saturated rings. The monoisotopic (exact) mass is 345 g/mol. The van der Waals surface area contributed by atoms with Crippen LogP contribution in [0, 0.1) is 0 Å². The number of hydrogen-bond donors (Lipinski definition) is 2. The van der Waals surface area contributed by atoms with E-state index in [2.05, 4.69) is 25.7 Å². The summed E-state index contributed by atoms with van der Waals surface area (Å²) < 4.78 is 10.7. The van der Waals surface area contributed by atoms with Crippen molar-refractivity contribution in [1.29, 1.82) is 0 Å². The van der Waals surface area contributed by atoms with Crippen molar-refractivity contribution in [3.8, 4) is 0 Å². The molecule has 1 aliphatic heterocycles. The molecule has 2 aromatic rings. The Morgan fingerprint density at radius 2 is 2.20 bits per heavy atom. The second-order valence-electron chi connectivity index (χ2n) is 6.66. The third-order valence-corrected chi connectivity index (χ3v) is 4.86. The van der Waals surface area contributed by atoms with Crippen molar-refractivity contribution < 1.29 is 14.1 Å². The van der Waals surface area contributed by atoms with Gasteiger partial charge < -0.3 is 14.6 Å². The fraction of sp³-hybridized carbons (Fsp3) is 0.647. The number of carbonyl (C=O) groups excluding carboxylic acids is 1. The molecule has 8 heteroatoms. The zero-order valence-corrected chi connectivity index (χ0v) is 14.2. The Bertz CT molecular complexity index is 732. The number of H-pyrrole nitrogens is 1. The van der Waals surface area contributed by atoms with Gasteiger partial charge in [-0.05, 0) is 44.1 Å². The average Bonchev–Trinajstić information content (AvgIpc) is 3.38. The lowest BCUT2D eigenvalue weighted by molar-refractivity contribution is -0.121. The molecule has 0 unspecified atom stereocenters. The number of carbonyl (C=O) groups is 1. The van der Waals surface area contributed by atoms with Gasteiger partial charge in [0.25, 0.3) is 5.89 Å². The van der Waals surface area contributed by atoms with Gasteiger partial charge in [0.2, 0.25) is 5.91 Å². The minimum atomic E-state index is -0.0946.